The third-order valence-corrected chi connectivity index (χ3v) is 5.24. The van der Waals surface area contributed by atoms with Crippen LogP contribution in [0.25, 0.3) is 28.0 Å². The van der Waals surface area contributed by atoms with Crippen LogP contribution < -0.4 is 5.73 Å². The lowest BCUT2D eigenvalue weighted by Crippen LogP contribution is -2.28. The average molecular weight is 429 g/mol. The van der Waals surface area contributed by atoms with Gasteiger partial charge in [0.1, 0.15) is 11.9 Å². The number of ether oxygens (including phenoxy) is 1. The van der Waals surface area contributed by atoms with Crippen molar-refractivity contribution in [3.05, 3.63) is 71.9 Å². The van der Waals surface area contributed by atoms with Crippen LogP contribution in [0.2, 0.25) is 0 Å². The second kappa shape index (κ2) is 8.20. The number of aryl methyl sites for hydroxylation is 1. The summed E-state index contributed by atoms with van der Waals surface area (Å²) in [6.07, 6.45) is -0.805. The van der Waals surface area contributed by atoms with Crippen LogP contribution >= 0.6 is 0 Å². The Morgan fingerprint density at radius 2 is 1.66 bits per heavy atom. The van der Waals surface area contributed by atoms with E-state index in [-0.39, 0.29) is 5.78 Å². The van der Waals surface area contributed by atoms with Gasteiger partial charge in [-0.1, -0.05) is 48.5 Å². The number of carbonyl (C=O) groups excluding carboxylic acids is 1. The van der Waals surface area contributed by atoms with Crippen molar-refractivity contribution in [2.75, 3.05) is 5.73 Å². The van der Waals surface area contributed by atoms with Gasteiger partial charge >= 0.3 is 0 Å². The van der Waals surface area contributed by atoms with Gasteiger partial charge in [0.2, 0.25) is 0 Å². The summed E-state index contributed by atoms with van der Waals surface area (Å²) in [5.74, 6) is 0.237. The molecular formula is C26H28N4O2. The van der Waals surface area contributed by atoms with Crippen LogP contribution in [0, 0.1) is 6.92 Å². The van der Waals surface area contributed by atoms with E-state index in [1.165, 1.54) is 6.92 Å². The normalized spacial score (nSPS) is 12.8. The number of fused-ring (bicyclic) bond motifs is 1. The zero-order valence-corrected chi connectivity index (χ0v) is 19.1. The second-order valence-corrected chi connectivity index (χ2v) is 8.96. The van der Waals surface area contributed by atoms with Gasteiger partial charge in [-0.3, -0.25) is 4.79 Å². The Labute approximate surface area is 188 Å². The van der Waals surface area contributed by atoms with Crippen LogP contribution in [-0.4, -0.2) is 26.0 Å². The van der Waals surface area contributed by atoms with Crippen LogP contribution in [0.5, 0.6) is 0 Å². The first kappa shape index (κ1) is 21.7. The number of carbonyl (C=O) groups is 1. The van der Waals surface area contributed by atoms with Gasteiger partial charge in [-0.2, -0.15) is 9.61 Å². The predicted octanol–water partition coefficient (Wildman–Crippen LogP) is 5.40. The summed E-state index contributed by atoms with van der Waals surface area (Å²) in [6, 6.07) is 20.3. The van der Waals surface area contributed by atoms with E-state index < -0.39 is 11.7 Å². The first-order valence-electron chi connectivity index (χ1n) is 10.6. The standard InChI is InChI=1S/C26H28N4O2/c1-16-23(24(17(2)31)32-26(3,4)5)25(27)30-22(28-16)15-21(29-30)20-13-9-12-19(14-20)18-10-7-6-8-11-18/h6-15,24H,27H2,1-5H3/t24-/m1/s1. The molecule has 6 nitrogen and oxygen atoms in total. The molecule has 1 atom stereocenters. The molecule has 0 amide bonds. The molecular weight excluding hydrogens is 400 g/mol. The number of aromatic nitrogens is 3. The lowest BCUT2D eigenvalue weighted by Gasteiger charge is -2.27. The molecule has 0 fully saturated rings. The van der Waals surface area contributed by atoms with Gasteiger partial charge < -0.3 is 10.5 Å². The first-order valence-corrected chi connectivity index (χ1v) is 10.6. The maximum atomic E-state index is 12.4. The van der Waals surface area contributed by atoms with Crippen molar-refractivity contribution in [3.63, 3.8) is 0 Å². The van der Waals surface area contributed by atoms with E-state index in [4.69, 9.17) is 15.6 Å². The average Bonchev–Trinajstić information content (AvgIpc) is 3.17. The summed E-state index contributed by atoms with van der Waals surface area (Å²) in [4.78, 5) is 17.1. The molecule has 6 heteroatoms. The Kier molecular flexibility index (Phi) is 5.57. The van der Waals surface area contributed by atoms with Crippen molar-refractivity contribution >= 4 is 17.2 Å². The quantitative estimate of drug-likeness (QED) is 0.460. The minimum atomic E-state index is -0.805. The maximum absolute atomic E-state index is 12.4. The van der Waals surface area contributed by atoms with Gasteiger partial charge in [0.05, 0.1) is 16.9 Å². The number of nitrogen functional groups attached to an aromatic ring is 1. The Morgan fingerprint density at radius 3 is 2.31 bits per heavy atom. The van der Waals surface area contributed by atoms with E-state index in [2.05, 4.69) is 29.2 Å². The van der Waals surface area contributed by atoms with E-state index >= 15 is 0 Å². The number of hydrogen-bond acceptors (Lipinski definition) is 5. The molecule has 32 heavy (non-hydrogen) atoms. The van der Waals surface area contributed by atoms with Crippen LogP contribution in [0.3, 0.4) is 0 Å². The molecule has 0 unspecified atom stereocenters. The van der Waals surface area contributed by atoms with Gasteiger partial charge in [-0.25, -0.2) is 4.98 Å². The monoisotopic (exact) mass is 428 g/mol. The van der Waals surface area contributed by atoms with Crippen molar-refractivity contribution < 1.29 is 9.53 Å². The summed E-state index contributed by atoms with van der Waals surface area (Å²) in [6.45, 7) is 9.07. The molecule has 2 heterocycles. The highest BCUT2D eigenvalue weighted by Crippen LogP contribution is 2.33. The second-order valence-electron chi connectivity index (χ2n) is 8.96. The van der Waals surface area contributed by atoms with Crippen LogP contribution in [0.1, 0.15) is 45.1 Å². The molecule has 0 radical (unpaired) electrons. The van der Waals surface area contributed by atoms with Crippen molar-refractivity contribution in [1.29, 1.82) is 0 Å². The summed E-state index contributed by atoms with van der Waals surface area (Å²) < 4.78 is 7.63. The topological polar surface area (TPSA) is 82.5 Å². The van der Waals surface area contributed by atoms with E-state index in [0.717, 1.165) is 22.4 Å². The van der Waals surface area contributed by atoms with E-state index in [0.29, 0.717) is 22.7 Å². The molecule has 2 aromatic carbocycles. The fraction of sp³-hybridized carbons (Fsp3) is 0.269. The van der Waals surface area contributed by atoms with Gasteiger partial charge in [-0.05, 0) is 51.8 Å². The van der Waals surface area contributed by atoms with Crippen LogP contribution in [0.15, 0.2) is 60.7 Å². The Morgan fingerprint density at radius 1 is 1.00 bits per heavy atom. The number of ketones is 1. The highest BCUT2D eigenvalue weighted by atomic mass is 16.5. The molecule has 164 valence electrons. The van der Waals surface area contributed by atoms with E-state index in [9.17, 15) is 4.79 Å². The zero-order valence-electron chi connectivity index (χ0n) is 19.1. The molecule has 0 saturated carbocycles. The molecule has 2 N–H and O–H groups in total. The Balaban J connectivity index is 1.81. The fourth-order valence-corrected chi connectivity index (χ4v) is 3.81. The molecule has 0 spiro atoms. The minimum absolute atomic E-state index is 0.126. The molecule has 2 aromatic heterocycles. The van der Waals surface area contributed by atoms with Crippen molar-refractivity contribution in [2.45, 2.75) is 46.3 Å². The first-order chi connectivity index (χ1) is 15.1. The van der Waals surface area contributed by atoms with E-state index in [1.54, 1.807) is 4.52 Å². The lowest BCUT2D eigenvalue weighted by atomic mass is 10.0. The fourth-order valence-electron chi connectivity index (χ4n) is 3.81. The van der Waals surface area contributed by atoms with Crippen LogP contribution in [0.4, 0.5) is 5.82 Å². The summed E-state index contributed by atoms with van der Waals surface area (Å²) in [5.41, 5.74) is 11.8. The number of hydrogen-bond donors (Lipinski definition) is 1. The number of rotatable bonds is 5. The molecule has 0 bridgehead atoms. The van der Waals surface area contributed by atoms with E-state index in [1.807, 2.05) is 64.1 Å². The van der Waals surface area contributed by atoms with Crippen molar-refractivity contribution in [1.82, 2.24) is 14.6 Å². The predicted molar refractivity (Wildman–Crippen MR) is 127 cm³/mol. The summed E-state index contributed by atoms with van der Waals surface area (Å²) >= 11 is 0. The Bertz CT molecular complexity index is 1290. The zero-order chi connectivity index (χ0) is 23.0. The smallest absolute Gasteiger partial charge is 0.163 e. The van der Waals surface area contributed by atoms with Gasteiger partial charge in [-0.15, -0.1) is 0 Å². The summed E-state index contributed by atoms with van der Waals surface area (Å²) in [7, 11) is 0. The number of Topliss-reactive ketones (excluding diaryl/α,β-unsaturated/α-hetero) is 1. The number of anilines is 1. The highest BCUT2D eigenvalue weighted by molar-refractivity contribution is 5.84. The number of nitrogens with two attached hydrogens (primary N) is 1. The lowest BCUT2D eigenvalue weighted by molar-refractivity contribution is -0.138. The third kappa shape index (κ3) is 4.27. The molecule has 0 aliphatic heterocycles. The molecule has 4 aromatic rings. The third-order valence-electron chi connectivity index (χ3n) is 5.24. The molecule has 0 aliphatic rings. The molecule has 0 saturated heterocycles. The highest BCUT2D eigenvalue weighted by Gasteiger charge is 2.29. The van der Waals surface area contributed by atoms with Crippen molar-refractivity contribution in [3.8, 4) is 22.4 Å². The Hall–Kier alpha value is -3.51. The molecule has 4 rings (SSSR count). The minimum Gasteiger partial charge on any atom is -0.383 e. The largest absolute Gasteiger partial charge is 0.383 e. The molecule has 0 aliphatic carbocycles. The number of nitrogens with zero attached hydrogens (tertiary/aromatic N) is 3. The SMILES string of the molecule is CC(=O)[C@@H](OC(C)(C)C)c1c(C)nc2cc(-c3cccc(-c4ccccc4)c3)nn2c1N. The van der Waals surface area contributed by atoms with Gasteiger partial charge in [0.15, 0.2) is 11.4 Å². The summed E-state index contributed by atoms with van der Waals surface area (Å²) in [5, 5.41) is 4.72. The van der Waals surface area contributed by atoms with Gasteiger partial charge in [0.25, 0.3) is 0 Å². The van der Waals surface area contributed by atoms with Crippen LogP contribution in [-0.2, 0) is 9.53 Å². The van der Waals surface area contributed by atoms with Gasteiger partial charge in [0, 0.05) is 17.3 Å². The maximum Gasteiger partial charge on any atom is 0.163 e. The van der Waals surface area contributed by atoms with Crippen molar-refractivity contribution in [2.24, 2.45) is 0 Å². The number of benzene rings is 2.